The van der Waals surface area contributed by atoms with E-state index < -0.39 is 5.91 Å². The number of ether oxygens (including phenoxy) is 1. The van der Waals surface area contributed by atoms with E-state index in [9.17, 15) is 9.59 Å². The Morgan fingerprint density at radius 1 is 1.23 bits per heavy atom. The van der Waals surface area contributed by atoms with E-state index in [0.29, 0.717) is 17.9 Å². The average Bonchev–Trinajstić information content (AvgIpc) is 3.05. The molecule has 2 amide bonds. The second-order valence-corrected chi connectivity index (χ2v) is 5.20. The molecule has 116 valence electrons. The molecule has 0 unspecified atom stereocenters. The normalized spacial score (nSPS) is 14.0. The van der Waals surface area contributed by atoms with Crippen molar-refractivity contribution in [2.45, 2.75) is 25.7 Å². The molecular formula is C17H20N2O3. The zero-order valence-electron chi connectivity index (χ0n) is 12.4. The SMILES string of the molecule is NC(=O)c1ccccc1OCC#CCNC(=O)C1CCCC1. The number of para-hydroxylation sites is 1. The second-order valence-electron chi connectivity index (χ2n) is 5.20. The standard InChI is InChI=1S/C17H20N2O3/c18-16(20)14-9-3-4-10-15(14)22-12-6-5-11-19-17(21)13-7-1-2-8-13/h3-4,9-10,13H,1-2,7-8,11-12H2,(H2,18,20)(H,19,21). The molecule has 1 fully saturated rings. The molecule has 1 saturated carbocycles. The van der Waals surface area contributed by atoms with Crippen LogP contribution < -0.4 is 15.8 Å². The summed E-state index contributed by atoms with van der Waals surface area (Å²) in [6, 6.07) is 6.75. The predicted octanol–water partition coefficient (Wildman–Crippen LogP) is 1.47. The molecule has 3 N–H and O–H groups in total. The molecule has 0 radical (unpaired) electrons. The molecule has 0 aliphatic heterocycles. The number of rotatable bonds is 5. The number of carbonyl (C=O) groups excluding carboxylic acids is 2. The topological polar surface area (TPSA) is 81.4 Å². The van der Waals surface area contributed by atoms with Gasteiger partial charge in [-0.1, -0.05) is 36.8 Å². The van der Waals surface area contributed by atoms with Crippen LogP contribution in [0.2, 0.25) is 0 Å². The Bertz CT molecular complexity index is 595. The minimum Gasteiger partial charge on any atom is -0.480 e. The van der Waals surface area contributed by atoms with Crippen molar-refractivity contribution in [1.82, 2.24) is 5.32 Å². The maximum Gasteiger partial charge on any atom is 0.252 e. The third-order valence-electron chi connectivity index (χ3n) is 3.65. The first-order chi connectivity index (χ1) is 10.7. The number of primary amides is 1. The van der Waals surface area contributed by atoms with Crippen molar-refractivity contribution in [2.24, 2.45) is 11.7 Å². The lowest BCUT2D eigenvalue weighted by Gasteiger charge is -2.07. The molecule has 0 atom stereocenters. The molecule has 2 rings (SSSR count). The summed E-state index contributed by atoms with van der Waals surface area (Å²) in [4.78, 5) is 23.0. The second kappa shape index (κ2) is 8.08. The average molecular weight is 300 g/mol. The minimum atomic E-state index is -0.535. The smallest absolute Gasteiger partial charge is 0.252 e. The number of carbonyl (C=O) groups is 2. The fraction of sp³-hybridized carbons (Fsp3) is 0.412. The summed E-state index contributed by atoms with van der Waals surface area (Å²) < 4.78 is 5.42. The van der Waals surface area contributed by atoms with Crippen molar-refractivity contribution in [3.05, 3.63) is 29.8 Å². The third-order valence-corrected chi connectivity index (χ3v) is 3.65. The molecule has 1 aromatic rings. The Labute approximate surface area is 130 Å². The van der Waals surface area contributed by atoms with Crippen LogP contribution in [0.5, 0.6) is 5.75 Å². The first-order valence-corrected chi connectivity index (χ1v) is 7.43. The molecule has 0 bridgehead atoms. The molecule has 1 aliphatic rings. The number of nitrogens with two attached hydrogens (primary N) is 1. The summed E-state index contributed by atoms with van der Waals surface area (Å²) in [7, 11) is 0. The van der Waals surface area contributed by atoms with Crippen LogP contribution in [-0.2, 0) is 4.79 Å². The van der Waals surface area contributed by atoms with Crippen LogP contribution in [0.15, 0.2) is 24.3 Å². The predicted molar refractivity (Wildman–Crippen MR) is 83.2 cm³/mol. The van der Waals surface area contributed by atoms with Crippen LogP contribution in [0, 0.1) is 17.8 Å². The first-order valence-electron chi connectivity index (χ1n) is 7.43. The lowest BCUT2D eigenvalue weighted by Crippen LogP contribution is -2.29. The van der Waals surface area contributed by atoms with Crippen molar-refractivity contribution < 1.29 is 14.3 Å². The van der Waals surface area contributed by atoms with E-state index in [-0.39, 0.29) is 18.4 Å². The van der Waals surface area contributed by atoms with Gasteiger partial charge in [0.2, 0.25) is 5.91 Å². The van der Waals surface area contributed by atoms with Gasteiger partial charge in [0.05, 0.1) is 12.1 Å². The molecule has 5 heteroatoms. The van der Waals surface area contributed by atoms with Crippen LogP contribution in [0.4, 0.5) is 0 Å². The van der Waals surface area contributed by atoms with Gasteiger partial charge in [0.15, 0.2) is 0 Å². The van der Waals surface area contributed by atoms with E-state index in [1.54, 1.807) is 24.3 Å². The summed E-state index contributed by atoms with van der Waals surface area (Å²) in [6.45, 7) is 0.458. The summed E-state index contributed by atoms with van der Waals surface area (Å²) in [6.07, 6.45) is 4.23. The maximum absolute atomic E-state index is 11.8. The number of amides is 2. The van der Waals surface area contributed by atoms with Crippen molar-refractivity contribution in [2.75, 3.05) is 13.2 Å². The first kappa shape index (κ1) is 15.9. The number of benzene rings is 1. The Hall–Kier alpha value is -2.48. The highest BCUT2D eigenvalue weighted by Crippen LogP contribution is 2.24. The highest BCUT2D eigenvalue weighted by atomic mass is 16.5. The van der Waals surface area contributed by atoms with Gasteiger partial charge in [0.1, 0.15) is 12.4 Å². The molecular weight excluding hydrogens is 280 g/mol. The molecule has 0 spiro atoms. The van der Waals surface area contributed by atoms with Crippen LogP contribution in [-0.4, -0.2) is 25.0 Å². The van der Waals surface area contributed by atoms with Gasteiger partial charge >= 0.3 is 0 Å². The summed E-state index contributed by atoms with van der Waals surface area (Å²) in [5.74, 6) is 5.77. The van der Waals surface area contributed by atoms with Crippen LogP contribution in [0.1, 0.15) is 36.0 Å². The van der Waals surface area contributed by atoms with E-state index in [1.807, 2.05) is 0 Å². The van der Waals surface area contributed by atoms with Gasteiger partial charge in [0.25, 0.3) is 5.91 Å². The Morgan fingerprint density at radius 2 is 1.95 bits per heavy atom. The van der Waals surface area contributed by atoms with Gasteiger partial charge in [-0.2, -0.15) is 0 Å². The van der Waals surface area contributed by atoms with Crippen LogP contribution in [0.3, 0.4) is 0 Å². The molecule has 22 heavy (non-hydrogen) atoms. The lowest BCUT2D eigenvalue weighted by molar-refractivity contribution is -0.124. The van der Waals surface area contributed by atoms with Gasteiger partial charge in [0, 0.05) is 5.92 Å². The monoisotopic (exact) mass is 300 g/mol. The minimum absolute atomic E-state index is 0.0896. The molecule has 5 nitrogen and oxygen atoms in total. The molecule has 1 aromatic carbocycles. The number of hydrogen-bond acceptors (Lipinski definition) is 3. The summed E-state index contributed by atoms with van der Waals surface area (Å²) in [5, 5.41) is 2.81. The Kier molecular flexibility index (Phi) is 5.84. The summed E-state index contributed by atoms with van der Waals surface area (Å²) in [5.41, 5.74) is 5.59. The largest absolute Gasteiger partial charge is 0.480 e. The molecule has 0 aromatic heterocycles. The molecule has 0 heterocycles. The number of nitrogens with one attached hydrogen (secondary N) is 1. The van der Waals surface area contributed by atoms with Crippen molar-refractivity contribution in [1.29, 1.82) is 0 Å². The number of hydrogen-bond donors (Lipinski definition) is 2. The van der Waals surface area contributed by atoms with Crippen LogP contribution >= 0.6 is 0 Å². The van der Waals surface area contributed by atoms with Crippen molar-refractivity contribution in [3.63, 3.8) is 0 Å². The van der Waals surface area contributed by atoms with Gasteiger partial charge in [-0.15, -0.1) is 0 Å². The van der Waals surface area contributed by atoms with Gasteiger partial charge in [-0.25, -0.2) is 0 Å². The maximum atomic E-state index is 11.8. The van der Waals surface area contributed by atoms with Gasteiger partial charge in [-0.3, -0.25) is 9.59 Å². The highest BCUT2D eigenvalue weighted by molar-refractivity contribution is 5.95. The van der Waals surface area contributed by atoms with E-state index in [0.717, 1.165) is 25.7 Å². The third kappa shape index (κ3) is 4.52. The fourth-order valence-electron chi connectivity index (χ4n) is 2.49. The van der Waals surface area contributed by atoms with E-state index >= 15 is 0 Å². The van der Waals surface area contributed by atoms with Crippen LogP contribution in [0.25, 0.3) is 0 Å². The highest BCUT2D eigenvalue weighted by Gasteiger charge is 2.21. The molecule has 0 saturated heterocycles. The van der Waals surface area contributed by atoms with Crippen molar-refractivity contribution in [3.8, 4) is 17.6 Å². The van der Waals surface area contributed by atoms with Crippen molar-refractivity contribution >= 4 is 11.8 Å². The van der Waals surface area contributed by atoms with E-state index in [4.69, 9.17) is 10.5 Å². The lowest BCUT2D eigenvalue weighted by atomic mass is 10.1. The van der Waals surface area contributed by atoms with Gasteiger partial charge in [-0.05, 0) is 25.0 Å². The zero-order valence-corrected chi connectivity index (χ0v) is 12.4. The Morgan fingerprint density at radius 3 is 2.68 bits per heavy atom. The quantitative estimate of drug-likeness (QED) is 0.808. The Balaban J connectivity index is 1.73. The zero-order chi connectivity index (χ0) is 15.8. The summed E-state index contributed by atoms with van der Waals surface area (Å²) >= 11 is 0. The van der Waals surface area contributed by atoms with E-state index in [1.165, 1.54) is 0 Å². The molecule has 1 aliphatic carbocycles. The van der Waals surface area contributed by atoms with E-state index in [2.05, 4.69) is 17.2 Å². The van der Waals surface area contributed by atoms with Gasteiger partial charge < -0.3 is 15.8 Å². The fourth-order valence-corrected chi connectivity index (χ4v) is 2.49.